The number of nitrogens with zero attached hydrogens (tertiary/aromatic N) is 4. The van der Waals surface area contributed by atoms with Crippen molar-refractivity contribution in [3.63, 3.8) is 0 Å². The summed E-state index contributed by atoms with van der Waals surface area (Å²) in [6.07, 6.45) is 0. The quantitative estimate of drug-likeness (QED) is 0.846. The molecule has 0 aliphatic carbocycles. The standard InChI is InChI=1S/C14H16N4O4S/c1-4-22-14(21)9-11(19)10-13(20)17(3)5-8(18(10)16-9)12-15-7(2)6-23-12/h6,8,19H,4-5H2,1-3H3. The minimum absolute atomic E-state index is 0.0142. The van der Waals surface area contributed by atoms with Crippen LogP contribution in [0.15, 0.2) is 5.38 Å². The highest BCUT2D eigenvalue weighted by molar-refractivity contribution is 7.09. The SMILES string of the molecule is CCOC(=O)c1nn2c(c1O)C(=O)N(C)CC2c1nc(C)cs1. The van der Waals surface area contributed by atoms with Gasteiger partial charge in [0.25, 0.3) is 5.91 Å². The van der Waals surface area contributed by atoms with E-state index < -0.39 is 17.6 Å². The van der Waals surface area contributed by atoms with Crippen molar-refractivity contribution in [3.05, 3.63) is 27.5 Å². The third-order valence-corrected chi connectivity index (χ3v) is 4.63. The monoisotopic (exact) mass is 336 g/mol. The van der Waals surface area contributed by atoms with Gasteiger partial charge < -0.3 is 14.7 Å². The Morgan fingerprint density at radius 1 is 1.57 bits per heavy atom. The molecule has 122 valence electrons. The van der Waals surface area contributed by atoms with Crippen LogP contribution < -0.4 is 0 Å². The van der Waals surface area contributed by atoms with Crippen LogP contribution in [0.1, 0.15) is 44.6 Å². The Morgan fingerprint density at radius 2 is 2.30 bits per heavy atom. The largest absolute Gasteiger partial charge is 0.503 e. The molecule has 1 unspecified atom stereocenters. The van der Waals surface area contributed by atoms with Crippen molar-refractivity contribution in [2.24, 2.45) is 0 Å². The number of carbonyl (C=O) groups excluding carboxylic acids is 2. The summed E-state index contributed by atoms with van der Waals surface area (Å²) in [5.74, 6) is -1.59. The number of amides is 1. The fraction of sp³-hybridized carbons (Fsp3) is 0.429. The first-order valence-corrected chi connectivity index (χ1v) is 7.98. The van der Waals surface area contributed by atoms with Gasteiger partial charge in [0, 0.05) is 24.7 Å². The highest BCUT2D eigenvalue weighted by atomic mass is 32.1. The number of rotatable bonds is 3. The summed E-state index contributed by atoms with van der Waals surface area (Å²) >= 11 is 1.45. The molecule has 3 rings (SSSR count). The molecule has 0 fully saturated rings. The minimum atomic E-state index is -0.753. The van der Waals surface area contributed by atoms with Gasteiger partial charge in [-0.1, -0.05) is 0 Å². The first kappa shape index (κ1) is 15.5. The molecule has 1 aliphatic heterocycles. The zero-order valence-corrected chi connectivity index (χ0v) is 13.8. The molecule has 3 heterocycles. The number of aromatic hydroxyl groups is 1. The van der Waals surface area contributed by atoms with Gasteiger partial charge in [-0.05, 0) is 13.8 Å². The Morgan fingerprint density at radius 3 is 2.91 bits per heavy atom. The lowest BCUT2D eigenvalue weighted by Gasteiger charge is -2.29. The van der Waals surface area contributed by atoms with Crippen molar-refractivity contribution in [2.45, 2.75) is 19.9 Å². The molecular weight excluding hydrogens is 320 g/mol. The molecule has 23 heavy (non-hydrogen) atoms. The molecule has 1 amide bonds. The fourth-order valence-electron chi connectivity index (χ4n) is 2.50. The number of carbonyl (C=O) groups is 2. The van der Waals surface area contributed by atoms with Gasteiger partial charge in [-0.15, -0.1) is 11.3 Å². The summed E-state index contributed by atoms with van der Waals surface area (Å²) in [4.78, 5) is 30.2. The van der Waals surface area contributed by atoms with E-state index in [0.717, 1.165) is 10.7 Å². The maximum Gasteiger partial charge on any atom is 0.362 e. The number of aromatic nitrogens is 3. The van der Waals surface area contributed by atoms with E-state index >= 15 is 0 Å². The van der Waals surface area contributed by atoms with E-state index in [9.17, 15) is 14.7 Å². The maximum absolute atomic E-state index is 12.3. The van der Waals surface area contributed by atoms with E-state index in [2.05, 4.69) is 10.1 Å². The lowest BCUT2D eigenvalue weighted by atomic mass is 10.2. The van der Waals surface area contributed by atoms with Crippen LogP contribution >= 0.6 is 11.3 Å². The Hall–Kier alpha value is -2.42. The van der Waals surface area contributed by atoms with Crippen LogP contribution in [-0.2, 0) is 4.74 Å². The lowest BCUT2D eigenvalue weighted by molar-refractivity contribution is 0.0514. The molecule has 1 atom stereocenters. The van der Waals surface area contributed by atoms with Crippen LogP contribution in [0.4, 0.5) is 0 Å². The normalized spacial score (nSPS) is 17.3. The molecule has 2 aromatic heterocycles. The number of hydrogen-bond donors (Lipinski definition) is 1. The summed E-state index contributed by atoms with van der Waals surface area (Å²) in [5, 5.41) is 17.1. The highest BCUT2D eigenvalue weighted by Gasteiger charge is 2.38. The second-order valence-electron chi connectivity index (χ2n) is 5.24. The van der Waals surface area contributed by atoms with Crippen LogP contribution in [0.2, 0.25) is 0 Å². The van der Waals surface area contributed by atoms with E-state index in [0.29, 0.717) is 6.54 Å². The minimum Gasteiger partial charge on any atom is -0.503 e. The van der Waals surface area contributed by atoms with Crippen LogP contribution in [-0.4, -0.2) is 56.8 Å². The number of ether oxygens (including phenoxy) is 1. The van der Waals surface area contributed by atoms with Gasteiger partial charge in [-0.2, -0.15) is 5.10 Å². The second-order valence-corrected chi connectivity index (χ2v) is 6.13. The molecule has 2 aromatic rings. The van der Waals surface area contributed by atoms with E-state index in [1.54, 1.807) is 14.0 Å². The summed E-state index contributed by atoms with van der Waals surface area (Å²) in [7, 11) is 1.63. The van der Waals surface area contributed by atoms with Crippen LogP contribution in [0, 0.1) is 6.92 Å². The van der Waals surface area contributed by atoms with Gasteiger partial charge in [0.2, 0.25) is 5.69 Å². The number of likely N-dealkylation sites (N-methyl/N-ethyl adjacent to an activating group) is 1. The number of thiazole rings is 1. The molecule has 0 aromatic carbocycles. The number of hydrogen-bond acceptors (Lipinski definition) is 7. The summed E-state index contributed by atoms with van der Waals surface area (Å²) in [5.41, 5.74) is 0.608. The van der Waals surface area contributed by atoms with Crippen LogP contribution in [0.25, 0.3) is 0 Å². The summed E-state index contributed by atoms with van der Waals surface area (Å²) in [6, 6.07) is -0.347. The van der Waals surface area contributed by atoms with Crippen LogP contribution in [0.5, 0.6) is 5.75 Å². The van der Waals surface area contributed by atoms with E-state index in [4.69, 9.17) is 4.74 Å². The third kappa shape index (κ3) is 2.46. The molecule has 0 radical (unpaired) electrons. The summed E-state index contributed by atoms with van der Waals surface area (Å²) < 4.78 is 6.26. The van der Waals surface area contributed by atoms with E-state index in [1.165, 1.54) is 20.9 Å². The Kier molecular flexibility index (Phi) is 3.80. The topological polar surface area (TPSA) is 97.5 Å². The molecule has 0 bridgehead atoms. The van der Waals surface area contributed by atoms with Crippen molar-refractivity contribution in [3.8, 4) is 5.75 Å². The van der Waals surface area contributed by atoms with Gasteiger partial charge in [-0.25, -0.2) is 14.5 Å². The van der Waals surface area contributed by atoms with Crippen LogP contribution in [0.3, 0.4) is 0 Å². The van der Waals surface area contributed by atoms with Gasteiger partial charge in [-0.3, -0.25) is 4.79 Å². The van der Waals surface area contributed by atoms with Gasteiger partial charge in [0.15, 0.2) is 11.4 Å². The Bertz CT molecular complexity index is 782. The predicted octanol–water partition coefficient (Wildman–Crippen LogP) is 1.21. The van der Waals surface area contributed by atoms with Gasteiger partial charge >= 0.3 is 5.97 Å². The first-order valence-electron chi connectivity index (χ1n) is 7.10. The van der Waals surface area contributed by atoms with Crippen molar-refractivity contribution < 1.29 is 19.4 Å². The number of fused-ring (bicyclic) bond motifs is 1. The van der Waals surface area contributed by atoms with E-state index in [-0.39, 0.29) is 24.0 Å². The molecular formula is C14H16N4O4S. The van der Waals surface area contributed by atoms with Gasteiger partial charge in [0.1, 0.15) is 11.0 Å². The average molecular weight is 336 g/mol. The fourth-order valence-corrected chi connectivity index (χ4v) is 3.37. The smallest absolute Gasteiger partial charge is 0.362 e. The number of esters is 1. The molecule has 8 nitrogen and oxygen atoms in total. The van der Waals surface area contributed by atoms with Gasteiger partial charge in [0.05, 0.1) is 6.61 Å². The molecule has 0 saturated heterocycles. The number of aryl methyl sites for hydroxylation is 1. The zero-order valence-electron chi connectivity index (χ0n) is 12.9. The Balaban J connectivity index is 2.12. The highest BCUT2D eigenvalue weighted by Crippen LogP contribution is 2.34. The van der Waals surface area contributed by atoms with Crippen molar-refractivity contribution >= 4 is 23.2 Å². The maximum atomic E-state index is 12.3. The second kappa shape index (κ2) is 5.65. The molecule has 9 heteroatoms. The van der Waals surface area contributed by atoms with Crippen molar-refractivity contribution in [2.75, 3.05) is 20.2 Å². The first-order chi connectivity index (χ1) is 10.9. The van der Waals surface area contributed by atoms with Crippen molar-refractivity contribution in [1.82, 2.24) is 19.7 Å². The zero-order chi connectivity index (χ0) is 16.7. The van der Waals surface area contributed by atoms with E-state index in [1.807, 2.05) is 12.3 Å². The molecule has 0 saturated carbocycles. The van der Waals surface area contributed by atoms with Crippen molar-refractivity contribution in [1.29, 1.82) is 0 Å². The predicted molar refractivity (Wildman–Crippen MR) is 81.8 cm³/mol. The average Bonchev–Trinajstić information content (AvgIpc) is 3.07. The molecule has 1 aliphatic rings. The Labute approximate surface area is 136 Å². The third-order valence-electron chi connectivity index (χ3n) is 3.57. The molecule has 0 spiro atoms. The lowest BCUT2D eigenvalue weighted by Crippen LogP contribution is -2.41. The summed E-state index contributed by atoms with van der Waals surface area (Å²) in [6.45, 7) is 4.06. The molecule has 1 N–H and O–H groups in total.